The zero-order chi connectivity index (χ0) is 9.14. The van der Waals surface area contributed by atoms with E-state index in [-0.39, 0.29) is 17.9 Å². The average molecular weight is 170 g/mol. The van der Waals surface area contributed by atoms with Crippen molar-refractivity contribution in [1.29, 1.82) is 0 Å². The van der Waals surface area contributed by atoms with Crippen molar-refractivity contribution in [1.82, 2.24) is 5.32 Å². The van der Waals surface area contributed by atoms with Crippen LogP contribution in [0.25, 0.3) is 0 Å². The molecule has 0 saturated heterocycles. The highest BCUT2D eigenvalue weighted by atomic mass is 16.2. The fourth-order valence-electron chi connectivity index (χ4n) is 1.19. The molecule has 1 aliphatic carbocycles. The molecule has 0 aromatic carbocycles. The summed E-state index contributed by atoms with van der Waals surface area (Å²) < 4.78 is 0. The smallest absolute Gasteiger partial charge is 0.223 e. The van der Waals surface area contributed by atoms with Gasteiger partial charge in [-0.05, 0) is 18.8 Å². The monoisotopic (exact) mass is 170 g/mol. The number of carbonyl (C=O) groups excluding carboxylic acids is 1. The van der Waals surface area contributed by atoms with E-state index in [0.29, 0.717) is 12.5 Å². The van der Waals surface area contributed by atoms with Gasteiger partial charge in [0.05, 0.1) is 0 Å². The summed E-state index contributed by atoms with van der Waals surface area (Å²) in [5.41, 5.74) is 5.66. The van der Waals surface area contributed by atoms with Crippen LogP contribution in [-0.2, 0) is 4.79 Å². The Morgan fingerprint density at radius 3 is 2.75 bits per heavy atom. The van der Waals surface area contributed by atoms with Crippen molar-refractivity contribution < 1.29 is 4.79 Å². The molecule has 0 aromatic rings. The summed E-state index contributed by atoms with van der Waals surface area (Å²) in [6.07, 6.45) is 1.97. The number of rotatable bonds is 4. The van der Waals surface area contributed by atoms with Gasteiger partial charge in [-0.15, -0.1) is 0 Å². The minimum Gasteiger partial charge on any atom is -0.354 e. The van der Waals surface area contributed by atoms with E-state index >= 15 is 0 Å². The van der Waals surface area contributed by atoms with Gasteiger partial charge in [-0.1, -0.05) is 13.8 Å². The first kappa shape index (κ1) is 9.52. The molecule has 0 spiro atoms. The van der Waals surface area contributed by atoms with E-state index in [1.54, 1.807) is 0 Å². The van der Waals surface area contributed by atoms with Gasteiger partial charge in [0.2, 0.25) is 5.91 Å². The largest absolute Gasteiger partial charge is 0.354 e. The molecule has 1 rings (SSSR count). The van der Waals surface area contributed by atoms with Crippen molar-refractivity contribution in [2.24, 2.45) is 17.6 Å². The zero-order valence-corrected chi connectivity index (χ0v) is 7.84. The SMILES string of the molecule is CCC(N)CNC(=O)C1CC1C. The van der Waals surface area contributed by atoms with Crippen molar-refractivity contribution in [3.05, 3.63) is 0 Å². The first-order valence-electron chi connectivity index (χ1n) is 4.68. The quantitative estimate of drug-likeness (QED) is 0.645. The van der Waals surface area contributed by atoms with Gasteiger partial charge >= 0.3 is 0 Å². The molecule has 3 unspecified atom stereocenters. The minimum absolute atomic E-state index is 0.114. The number of hydrogen-bond donors (Lipinski definition) is 2. The van der Waals surface area contributed by atoms with E-state index in [4.69, 9.17) is 5.73 Å². The molecule has 1 fully saturated rings. The third-order valence-corrected chi connectivity index (χ3v) is 2.51. The highest BCUT2D eigenvalue weighted by Gasteiger charge is 2.38. The van der Waals surface area contributed by atoms with Gasteiger partial charge in [-0.25, -0.2) is 0 Å². The molecular weight excluding hydrogens is 152 g/mol. The fraction of sp³-hybridized carbons (Fsp3) is 0.889. The van der Waals surface area contributed by atoms with E-state index in [0.717, 1.165) is 12.8 Å². The molecule has 0 heterocycles. The van der Waals surface area contributed by atoms with Crippen LogP contribution in [0.4, 0.5) is 0 Å². The van der Waals surface area contributed by atoms with E-state index in [2.05, 4.69) is 12.2 Å². The molecule has 3 heteroatoms. The molecule has 3 atom stereocenters. The Bertz CT molecular complexity index is 170. The van der Waals surface area contributed by atoms with Gasteiger partial charge in [0.15, 0.2) is 0 Å². The van der Waals surface area contributed by atoms with Gasteiger partial charge in [0, 0.05) is 18.5 Å². The number of nitrogens with two attached hydrogens (primary N) is 1. The summed E-state index contributed by atoms with van der Waals surface area (Å²) in [7, 11) is 0. The van der Waals surface area contributed by atoms with Crippen LogP contribution < -0.4 is 11.1 Å². The van der Waals surface area contributed by atoms with Gasteiger partial charge in [-0.3, -0.25) is 4.79 Å². The van der Waals surface area contributed by atoms with Gasteiger partial charge in [0.25, 0.3) is 0 Å². The lowest BCUT2D eigenvalue weighted by Gasteiger charge is -2.09. The Hall–Kier alpha value is -0.570. The van der Waals surface area contributed by atoms with E-state index in [1.807, 2.05) is 6.92 Å². The highest BCUT2D eigenvalue weighted by molar-refractivity contribution is 5.81. The second-order valence-electron chi connectivity index (χ2n) is 3.73. The third-order valence-electron chi connectivity index (χ3n) is 2.51. The van der Waals surface area contributed by atoms with Gasteiger partial charge < -0.3 is 11.1 Å². The topological polar surface area (TPSA) is 55.1 Å². The van der Waals surface area contributed by atoms with Crippen molar-refractivity contribution in [2.45, 2.75) is 32.7 Å². The Labute approximate surface area is 73.7 Å². The Morgan fingerprint density at radius 1 is 1.75 bits per heavy atom. The van der Waals surface area contributed by atoms with Crippen LogP contribution in [0.5, 0.6) is 0 Å². The average Bonchev–Trinajstić information content (AvgIpc) is 2.77. The molecule has 1 saturated carbocycles. The summed E-state index contributed by atoms with van der Waals surface area (Å²) in [5, 5.41) is 2.86. The van der Waals surface area contributed by atoms with Crippen LogP contribution in [0, 0.1) is 11.8 Å². The van der Waals surface area contributed by atoms with Crippen LogP contribution in [0.3, 0.4) is 0 Å². The summed E-state index contributed by atoms with van der Waals surface area (Å²) in [6, 6.07) is 0.114. The summed E-state index contributed by atoms with van der Waals surface area (Å²) in [4.78, 5) is 11.3. The molecule has 1 aliphatic rings. The van der Waals surface area contributed by atoms with Crippen LogP contribution >= 0.6 is 0 Å². The molecule has 3 nitrogen and oxygen atoms in total. The molecule has 1 amide bonds. The normalized spacial score (nSPS) is 29.6. The lowest BCUT2D eigenvalue weighted by atomic mass is 10.2. The lowest BCUT2D eigenvalue weighted by Crippen LogP contribution is -2.37. The third kappa shape index (κ3) is 2.48. The van der Waals surface area contributed by atoms with Crippen LogP contribution in [0.1, 0.15) is 26.7 Å². The Kier molecular flexibility index (Phi) is 3.09. The first-order chi connectivity index (χ1) is 5.65. The second-order valence-corrected chi connectivity index (χ2v) is 3.73. The van der Waals surface area contributed by atoms with Crippen molar-refractivity contribution in [2.75, 3.05) is 6.54 Å². The molecule has 0 aromatic heterocycles. The molecule has 3 N–H and O–H groups in total. The predicted octanol–water partition coefficient (Wildman–Crippen LogP) is 0.496. The molecular formula is C9H18N2O. The molecule has 0 bridgehead atoms. The fourth-order valence-corrected chi connectivity index (χ4v) is 1.19. The maximum atomic E-state index is 11.3. The van der Waals surface area contributed by atoms with Crippen molar-refractivity contribution >= 4 is 5.91 Å². The van der Waals surface area contributed by atoms with Crippen LogP contribution in [0.2, 0.25) is 0 Å². The van der Waals surface area contributed by atoms with E-state index in [1.165, 1.54) is 0 Å². The lowest BCUT2D eigenvalue weighted by molar-refractivity contribution is -0.122. The summed E-state index contributed by atoms with van der Waals surface area (Å²) in [6.45, 7) is 4.75. The summed E-state index contributed by atoms with van der Waals surface area (Å²) in [5.74, 6) is 1.04. The second kappa shape index (κ2) is 3.90. The number of hydrogen-bond acceptors (Lipinski definition) is 2. The van der Waals surface area contributed by atoms with Gasteiger partial charge in [-0.2, -0.15) is 0 Å². The van der Waals surface area contributed by atoms with Crippen LogP contribution in [0.15, 0.2) is 0 Å². The molecule has 12 heavy (non-hydrogen) atoms. The predicted molar refractivity (Wildman–Crippen MR) is 48.5 cm³/mol. The van der Waals surface area contributed by atoms with E-state index in [9.17, 15) is 4.79 Å². The van der Waals surface area contributed by atoms with Gasteiger partial charge in [0.1, 0.15) is 0 Å². The number of nitrogens with one attached hydrogen (secondary N) is 1. The standard InChI is InChI=1S/C9H18N2O/c1-3-7(10)5-11-9(12)8-4-6(8)2/h6-8H,3-5,10H2,1-2H3,(H,11,12). The zero-order valence-electron chi connectivity index (χ0n) is 7.84. The summed E-state index contributed by atoms with van der Waals surface area (Å²) >= 11 is 0. The highest BCUT2D eigenvalue weighted by Crippen LogP contribution is 2.37. The minimum atomic E-state index is 0.114. The van der Waals surface area contributed by atoms with Crippen molar-refractivity contribution in [3.63, 3.8) is 0 Å². The maximum Gasteiger partial charge on any atom is 0.223 e. The molecule has 0 aliphatic heterocycles. The van der Waals surface area contributed by atoms with Crippen molar-refractivity contribution in [3.8, 4) is 0 Å². The first-order valence-corrected chi connectivity index (χ1v) is 4.68. The Morgan fingerprint density at radius 2 is 2.33 bits per heavy atom. The van der Waals surface area contributed by atoms with E-state index < -0.39 is 0 Å². The van der Waals surface area contributed by atoms with Crippen LogP contribution in [-0.4, -0.2) is 18.5 Å². The number of amides is 1. The molecule has 70 valence electrons. The maximum absolute atomic E-state index is 11.3. The molecule has 0 radical (unpaired) electrons. The Balaban J connectivity index is 2.11. The number of carbonyl (C=O) groups is 1.